The van der Waals surface area contributed by atoms with Crippen molar-refractivity contribution in [3.05, 3.63) is 101 Å². The highest BCUT2D eigenvalue weighted by atomic mass is 19.1. The van der Waals surface area contributed by atoms with Crippen LogP contribution in [0.25, 0.3) is 0 Å². The zero-order valence-corrected chi connectivity index (χ0v) is 21.1. The number of hydrogen-bond donors (Lipinski definition) is 2. The van der Waals surface area contributed by atoms with Crippen molar-refractivity contribution in [1.29, 1.82) is 0 Å². The standard InChI is InChI=1S/C28H26FN5O4/c1-17-25(27(35)33-23-14-21(36-2)11-12-24(23)37-3)26(34-28(32-17)30-16-31-34)19-5-4-6-22(13-19)38-15-18-7-9-20(29)10-8-18/h4-14,16,26H,15H2,1-3H3,(H,33,35)(H,30,31,32)/t26-/m0/s1. The summed E-state index contributed by atoms with van der Waals surface area (Å²) < 4.78 is 31.6. The zero-order valence-electron chi connectivity index (χ0n) is 21.1. The van der Waals surface area contributed by atoms with Crippen molar-refractivity contribution in [3.63, 3.8) is 0 Å². The van der Waals surface area contributed by atoms with E-state index in [1.165, 1.54) is 25.6 Å². The first-order valence-corrected chi connectivity index (χ1v) is 11.8. The minimum atomic E-state index is -0.584. The first kappa shape index (κ1) is 24.8. The van der Waals surface area contributed by atoms with E-state index in [-0.39, 0.29) is 18.3 Å². The van der Waals surface area contributed by atoms with Gasteiger partial charge in [0.25, 0.3) is 5.91 Å². The molecule has 38 heavy (non-hydrogen) atoms. The molecule has 9 nitrogen and oxygen atoms in total. The average Bonchev–Trinajstić information content (AvgIpc) is 3.40. The first-order valence-electron chi connectivity index (χ1n) is 11.8. The fraction of sp³-hybridized carbons (Fsp3) is 0.179. The van der Waals surface area contributed by atoms with E-state index in [2.05, 4.69) is 20.7 Å². The molecule has 4 aromatic rings. The molecule has 3 aromatic carbocycles. The Kier molecular flexibility index (Phi) is 6.94. The second-order valence-electron chi connectivity index (χ2n) is 8.60. The van der Waals surface area contributed by atoms with E-state index in [0.29, 0.717) is 40.2 Å². The van der Waals surface area contributed by atoms with Gasteiger partial charge >= 0.3 is 0 Å². The normalized spacial score (nSPS) is 14.4. The molecule has 10 heteroatoms. The van der Waals surface area contributed by atoms with Crippen molar-refractivity contribution in [3.8, 4) is 17.2 Å². The fourth-order valence-corrected chi connectivity index (χ4v) is 4.32. The molecule has 0 bridgehead atoms. The molecule has 1 amide bonds. The van der Waals surface area contributed by atoms with Gasteiger partial charge in [0.05, 0.1) is 25.5 Å². The number of nitrogens with zero attached hydrogens (tertiary/aromatic N) is 3. The van der Waals surface area contributed by atoms with Gasteiger partial charge in [-0.3, -0.25) is 4.79 Å². The second kappa shape index (κ2) is 10.6. The van der Waals surface area contributed by atoms with Crippen molar-refractivity contribution < 1.29 is 23.4 Å². The van der Waals surface area contributed by atoms with Gasteiger partial charge in [-0.25, -0.2) is 9.07 Å². The lowest BCUT2D eigenvalue weighted by molar-refractivity contribution is -0.113. The van der Waals surface area contributed by atoms with Crippen molar-refractivity contribution in [2.45, 2.75) is 19.6 Å². The lowest BCUT2D eigenvalue weighted by atomic mass is 9.94. The largest absolute Gasteiger partial charge is 0.497 e. The number of amides is 1. The Balaban J connectivity index is 1.47. The van der Waals surface area contributed by atoms with E-state index in [0.717, 1.165) is 11.1 Å². The number of nitrogens with one attached hydrogen (secondary N) is 2. The molecule has 0 spiro atoms. The van der Waals surface area contributed by atoms with E-state index < -0.39 is 6.04 Å². The Labute approximate surface area is 218 Å². The molecule has 5 rings (SSSR count). The molecule has 0 radical (unpaired) electrons. The predicted octanol–water partition coefficient (Wildman–Crippen LogP) is 4.94. The third-order valence-electron chi connectivity index (χ3n) is 6.19. The summed E-state index contributed by atoms with van der Waals surface area (Å²) >= 11 is 0. The summed E-state index contributed by atoms with van der Waals surface area (Å²) in [7, 11) is 3.09. The van der Waals surface area contributed by atoms with Gasteiger partial charge in [0.1, 0.15) is 42.0 Å². The monoisotopic (exact) mass is 515 g/mol. The summed E-state index contributed by atoms with van der Waals surface area (Å²) in [5.41, 5.74) is 3.16. The van der Waals surface area contributed by atoms with Gasteiger partial charge in [0, 0.05) is 11.8 Å². The lowest BCUT2D eigenvalue weighted by Crippen LogP contribution is -2.31. The number of fused-ring (bicyclic) bond motifs is 1. The number of methoxy groups -OCH3 is 2. The summed E-state index contributed by atoms with van der Waals surface area (Å²) in [6.45, 7) is 2.08. The number of halogens is 1. The van der Waals surface area contributed by atoms with E-state index in [4.69, 9.17) is 14.2 Å². The van der Waals surface area contributed by atoms with E-state index in [1.54, 1.807) is 42.1 Å². The summed E-state index contributed by atoms with van der Waals surface area (Å²) in [4.78, 5) is 18.0. The molecule has 1 aliphatic heterocycles. The van der Waals surface area contributed by atoms with Gasteiger partial charge in [-0.1, -0.05) is 24.3 Å². The fourth-order valence-electron chi connectivity index (χ4n) is 4.32. The van der Waals surface area contributed by atoms with Gasteiger partial charge in [-0.05, 0) is 54.4 Å². The number of ether oxygens (including phenoxy) is 3. The maximum atomic E-state index is 13.8. The zero-order chi connectivity index (χ0) is 26.6. The van der Waals surface area contributed by atoms with Crippen molar-refractivity contribution in [1.82, 2.24) is 14.8 Å². The highest BCUT2D eigenvalue weighted by Gasteiger charge is 2.34. The maximum absolute atomic E-state index is 13.8. The van der Waals surface area contributed by atoms with Crippen LogP contribution in [0.1, 0.15) is 24.1 Å². The number of carbonyl (C=O) groups is 1. The van der Waals surface area contributed by atoms with Crippen LogP contribution < -0.4 is 24.8 Å². The highest BCUT2D eigenvalue weighted by molar-refractivity contribution is 6.06. The second-order valence-corrected chi connectivity index (χ2v) is 8.60. The number of aromatic nitrogens is 3. The van der Waals surface area contributed by atoms with Crippen LogP contribution in [0.15, 0.2) is 84.3 Å². The van der Waals surface area contributed by atoms with Crippen LogP contribution in [0.5, 0.6) is 17.2 Å². The van der Waals surface area contributed by atoms with E-state index in [1.807, 2.05) is 31.2 Å². The minimum Gasteiger partial charge on any atom is -0.497 e. The van der Waals surface area contributed by atoms with Crippen molar-refractivity contribution in [2.24, 2.45) is 0 Å². The molecule has 2 N–H and O–H groups in total. The topological polar surface area (TPSA) is 99.5 Å². The van der Waals surface area contributed by atoms with Crippen LogP contribution in [0.2, 0.25) is 0 Å². The van der Waals surface area contributed by atoms with Crippen LogP contribution in [0.3, 0.4) is 0 Å². The van der Waals surface area contributed by atoms with Gasteiger partial charge in [0.15, 0.2) is 0 Å². The van der Waals surface area contributed by atoms with Gasteiger partial charge in [-0.2, -0.15) is 10.1 Å². The quantitative estimate of drug-likeness (QED) is 0.343. The van der Waals surface area contributed by atoms with Gasteiger partial charge < -0.3 is 24.8 Å². The molecule has 1 atom stereocenters. The first-order chi connectivity index (χ1) is 18.5. The maximum Gasteiger partial charge on any atom is 0.255 e. The van der Waals surface area contributed by atoms with Gasteiger partial charge in [-0.15, -0.1) is 0 Å². The minimum absolute atomic E-state index is 0.266. The van der Waals surface area contributed by atoms with Crippen LogP contribution in [0.4, 0.5) is 16.0 Å². The van der Waals surface area contributed by atoms with E-state index >= 15 is 0 Å². The number of rotatable bonds is 8. The molecular formula is C28H26FN5O4. The molecule has 0 saturated heterocycles. The molecule has 0 aliphatic carbocycles. The molecular weight excluding hydrogens is 489 g/mol. The number of carbonyl (C=O) groups excluding carboxylic acids is 1. The third kappa shape index (κ3) is 5.01. The molecule has 0 fully saturated rings. The van der Waals surface area contributed by atoms with Crippen molar-refractivity contribution >= 4 is 17.5 Å². The predicted molar refractivity (Wildman–Crippen MR) is 140 cm³/mol. The summed E-state index contributed by atoms with van der Waals surface area (Å²) in [6, 6.07) is 18.2. The Morgan fingerprint density at radius 1 is 1.05 bits per heavy atom. The smallest absolute Gasteiger partial charge is 0.255 e. The molecule has 2 heterocycles. The summed E-state index contributed by atoms with van der Waals surface area (Å²) in [5.74, 6) is 1.54. The molecule has 0 unspecified atom stereocenters. The molecule has 194 valence electrons. The molecule has 1 aliphatic rings. The molecule has 0 saturated carbocycles. The number of hydrogen-bond acceptors (Lipinski definition) is 7. The van der Waals surface area contributed by atoms with Crippen LogP contribution >= 0.6 is 0 Å². The summed E-state index contributed by atoms with van der Waals surface area (Å²) in [6.07, 6.45) is 1.43. The average molecular weight is 516 g/mol. The number of anilines is 2. The third-order valence-corrected chi connectivity index (χ3v) is 6.19. The Morgan fingerprint density at radius 3 is 2.63 bits per heavy atom. The highest BCUT2D eigenvalue weighted by Crippen LogP contribution is 2.37. The number of allylic oxidation sites excluding steroid dienone is 1. The van der Waals surface area contributed by atoms with Gasteiger partial charge in [0.2, 0.25) is 5.95 Å². The van der Waals surface area contributed by atoms with E-state index in [9.17, 15) is 9.18 Å². The number of benzene rings is 3. The Bertz CT molecular complexity index is 1500. The van der Waals surface area contributed by atoms with Crippen molar-refractivity contribution in [2.75, 3.05) is 24.9 Å². The Hall–Kier alpha value is -4.86. The van der Waals surface area contributed by atoms with Crippen LogP contribution in [-0.4, -0.2) is 34.9 Å². The SMILES string of the molecule is COc1ccc(OC)c(NC(=O)C2=C(C)Nc3ncnn3[C@H]2c2cccc(OCc3ccc(F)cc3)c2)c1. The molecule has 1 aromatic heterocycles. The Morgan fingerprint density at radius 2 is 1.87 bits per heavy atom. The summed E-state index contributed by atoms with van der Waals surface area (Å²) in [5, 5.41) is 10.5. The van der Waals surface area contributed by atoms with Crippen LogP contribution in [0, 0.1) is 5.82 Å². The van der Waals surface area contributed by atoms with Crippen LogP contribution in [-0.2, 0) is 11.4 Å². The lowest BCUT2D eigenvalue weighted by Gasteiger charge is -2.29.